The van der Waals surface area contributed by atoms with Crippen molar-refractivity contribution in [1.82, 2.24) is 19.9 Å². The van der Waals surface area contributed by atoms with Crippen LogP contribution < -0.4 is 0 Å². The molecular weight excluding hydrogens is 344 g/mol. The smallest absolute Gasteiger partial charge is 0.128 e. The second kappa shape index (κ2) is 8.68. The van der Waals surface area contributed by atoms with Crippen LogP contribution in [0.15, 0.2) is 60.9 Å². The molecule has 0 bridgehead atoms. The number of fused-ring (bicyclic) bond motifs is 2. The lowest BCUT2D eigenvalue weighted by Gasteiger charge is -2.03. The highest BCUT2D eigenvalue weighted by Gasteiger charge is 2.02. The highest BCUT2D eigenvalue weighted by Crippen LogP contribution is 2.13. The average Bonchev–Trinajstić information content (AvgIpc) is 2.67. The highest BCUT2D eigenvalue weighted by molar-refractivity contribution is 5.85. The third-order valence-electron chi connectivity index (χ3n) is 4.38. The normalized spacial score (nSPS) is 10.8. The maximum atomic E-state index is 4.63. The highest BCUT2D eigenvalue weighted by atomic mass is 35.5. The zero-order valence-electron chi connectivity index (χ0n) is 14.5. The number of hydrogen-bond acceptors (Lipinski definition) is 4. The molecule has 2 aromatic heterocycles. The molecule has 4 rings (SSSR count). The Labute approximate surface area is 159 Å². The zero-order valence-corrected chi connectivity index (χ0v) is 15.3. The quantitative estimate of drug-likeness (QED) is 0.454. The summed E-state index contributed by atoms with van der Waals surface area (Å²) >= 11 is 0. The van der Waals surface area contributed by atoms with Crippen LogP contribution in [-0.2, 0) is 12.8 Å². The van der Waals surface area contributed by atoms with E-state index >= 15 is 0 Å². The Morgan fingerprint density at radius 1 is 0.577 bits per heavy atom. The lowest BCUT2D eigenvalue weighted by Crippen LogP contribution is -1.97. The summed E-state index contributed by atoms with van der Waals surface area (Å²) in [7, 11) is 0. The van der Waals surface area contributed by atoms with Gasteiger partial charge in [0, 0.05) is 36.0 Å². The number of benzene rings is 2. The van der Waals surface area contributed by atoms with Gasteiger partial charge in [0.15, 0.2) is 0 Å². The van der Waals surface area contributed by atoms with Gasteiger partial charge < -0.3 is 0 Å². The molecule has 0 radical (unpaired) electrons. The third-order valence-corrected chi connectivity index (χ3v) is 4.38. The van der Waals surface area contributed by atoms with Gasteiger partial charge in [-0.3, -0.25) is 0 Å². The summed E-state index contributed by atoms with van der Waals surface area (Å²) < 4.78 is 0. The van der Waals surface area contributed by atoms with E-state index in [1.807, 2.05) is 60.9 Å². The van der Waals surface area contributed by atoms with Crippen LogP contribution in [0.1, 0.15) is 30.9 Å². The van der Waals surface area contributed by atoms with Gasteiger partial charge in [-0.1, -0.05) is 42.8 Å². The molecule has 2 aromatic carbocycles. The Hall–Kier alpha value is -2.59. The van der Waals surface area contributed by atoms with Crippen molar-refractivity contribution in [2.24, 2.45) is 0 Å². The topological polar surface area (TPSA) is 51.6 Å². The van der Waals surface area contributed by atoms with E-state index in [0.29, 0.717) is 0 Å². The van der Waals surface area contributed by atoms with Gasteiger partial charge in [-0.25, -0.2) is 19.9 Å². The van der Waals surface area contributed by atoms with Gasteiger partial charge in [-0.2, -0.15) is 0 Å². The summed E-state index contributed by atoms with van der Waals surface area (Å²) in [4.78, 5) is 18.2. The number of para-hydroxylation sites is 2. The van der Waals surface area contributed by atoms with E-state index in [0.717, 1.165) is 65.6 Å². The first-order valence-electron chi connectivity index (χ1n) is 8.80. The van der Waals surface area contributed by atoms with Crippen molar-refractivity contribution >= 4 is 34.2 Å². The number of hydrogen-bond donors (Lipinski definition) is 0. The summed E-state index contributed by atoms with van der Waals surface area (Å²) in [6.45, 7) is 0. The number of nitrogens with zero attached hydrogens (tertiary/aromatic N) is 4. The summed E-state index contributed by atoms with van der Waals surface area (Å²) in [6.07, 6.45) is 8.98. The van der Waals surface area contributed by atoms with Crippen LogP contribution in [0, 0.1) is 0 Å². The number of aryl methyl sites for hydroxylation is 2. The van der Waals surface area contributed by atoms with Crippen molar-refractivity contribution in [2.75, 3.05) is 0 Å². The molecule has 4 aromatic rings. The fraction of sp³-hybridized carbons (Fsp3) is 0.238. The van der Waals surface area contributed by atoms with Crippen molar-refractivity contribution in [3.05, 3.63) is 72.6 Å². The first kappa shape index (κ1) is 18.2. The monoisotopic (exact) mass is 364 g/mol. The molecule has 0 fully saturated rings. The van der Waals surface area contributed by atoms with E-state index in [9.17, 15) is 0 Å². The minimum atomic E-state index is 0. The SMILES string of the molecule is Cl.c1ccc2nc(CCCCCc3ncc4ccccc4n3)ncc2c1. The Morgan fingerprint density at radius 2 is 1.04 bits per heavy atom. The molecule has 0 saturated carbocycles. The Bertz CT molecular complexity index is 922. The summed E-state index contributed by atoms with van der Waals surface area (Å²) in [5.41, 5.74) is 2.05. The van der Waals surface area contributed by atoms with Crippen LogP contribution in [0.2, 0.25) is 0 Å². The van der Waals surface area contributed by atoms with Crippen LogP contribution in [-0.4, -0.2) is 19.9 Å². The maximum absolute atomic E-state index is 4.63. The van der Waals surface area contributed by atoms with Crippen LogP contribution in [0.4, 0.5) is 0 Å². The van der Waals surface area contributed by atoms with Crippen molar-refractivity contribution in [3.8, 4) is 0 Å². The molecule has 0 spiro atoms. The molecule has 0 N–H and O–H groups in total. The Kier molecular flexibility index (Phi) is 6.08. The molecule has 0 aliphatic rings. The van der Waals surface area contributed by atoms with Gasteiger partial charge in [-0.15, -0.1) is 12.4 Å². The fourth-order valence-corrected chi connectivity index (χ4v) is 3.00. The van der Waals surface area contributed by atoms with Gasteiger partial charge in [0.2, 0.25) is 0 Å². The van der Waals surface area contributed by atoms with E-state index in [-0.39, 0.29) is 12.4 Å². The standard InChI is InChI=1S/C21H20N4.ClH/c1(2-12-20-22-14-16-8-4-6-10-18(16)24-20)3-13-21-23-15-17-9-5-7-11-19(17)25-21;/h4-11,14-15H,1-3,12-13H2;1H. The molecule has 0 amide bonds. The van der Waals surface area contributed by atoms with Crippen LogP contribution in [0.5, 0.6) is 0 Å². The molecule has 0 saturated heterocycles. The van der Waals surface area contributed by atoms with E-state index in [1.54, 1.807) is 0 Å². The lowest BCUT2D eigenvalue weighted by molar-refractivity contribution is 0.651. The molecule has 0 unspecified atom stereocenters. The number of aromatic nitrogens is 4. The van der Waals surface area contributed by atoms with Gasteiger partial charge in [0.1, 0.15) is 11.6 Å². The molecule has 2 heterocycles. The molecule has 132 valence electrons. The van der Waals surface area contributed by atoms with Crippen LogP contribution >= 0.6 is 12.4 Å². The average molecular weight is 365 g/mol. The first-order chi connectivity index (χ1) is 12.4. The van der Waals surface area contributed by atoms with Crippen molar-refractivity contribution in [2.45, 2.75) is 32.1 Å². The summed E-state index contributed by atoms with van der Waals surface area (Å²) in [6, 6.07) is 16.2. The third kappa shape index (κ3) is 4.33. The second-order valence-electron chi connectivity index (χ2n) is 6.25. The molecule has 0 aliphatic heterocycles. The second-order valence-corrected chi connectivity index (χ2v) is 6.25. The summed E-state index contributed by atoms with van der Waals surface area (Å²) in [5, 5.41) is 2.19. The predicted octanol–water partition coefficient (Wildman–Crippen LogP) is 4.95. The summed E-state index contributed by atoms with van der Waals surface area (Å²) in [5.74, 6) is 1.86. The largest absolute Gasteiger partial charge is 0.241 e. The molecule has 4 nitrogen and oxygen atoms in total. The minimum Gasteiger partial charge on any atom is -0.241 e. The number of rotatable bonds is 6. The molecule has 0 aliphatic carbocycles. The van der Waals surface area contributed by atoms with Gasteiger partial charge >= 0.3 is 0 Å². The van der Waals surface area contributed by atoms with Crippen LogP contribution in [0.25, 0.3) is 21.8 Å². The Morgan fingerprint density at radius 3 is 1.54 bits per heavy atom. The molecule has 5 heteroatoms. The van der Waals surface area contributed by atoms with E-state index in [1.165, 1.54) is 0 Å². The molecule has 0 atom stereocenters. The van der Waals surface area contributed by atoms with Crippen molar-refractivity contribution in [1.29, 1.82) is 0 Å². The van der Waals surface area contributed by atoms with E-state index in [2.05, 4.69) is 19.9 Å². The molecular formula is C21H21ClN4. The van der Waals surface area contributed by atoms with Crippen molar-refractivity contribution < 1.29 is 0 Å². The lowest BCUT2D eigenvalue weighted by atomic mass is 10.1. The van der Waals surface area contributed by atoms with Gasteiger partial charge in [0.25, 0.3) is 0 Å². The van der Waals surface area contributed by atoms with Gasteiger partial charge in [0.05, 0.1) is 11.0 Å². The van der Waals surface area contributed by atoms with Crippen molar-refractivity contribution in [3.63, 3.8) is 0 Å². The van der Waals surface area contributed by atoms with Gasteiger partial charge in [-0.05, 0) is 25.0 Å². The van der Waals surface area contributed by atoms with Crippen LogP contribution in [0.3, 0.4) is 0 Å². The fourth-order valence-electron chi connectivity index (χ4n) is 3.00. The first-order valence-corrected chi connectivity index (χ1v) is 8.80. The maximum Gasteiger partial charge on any atom is 0.128 e. The number of unbranched alkanes of at least 4 members (excludes halogenated alkanes) is 2. The minimum absolute atomic E-state index is 0. The molecule has 26 heavy (non-hydrogen) atoms. The predicted molar refractivity (Wildman–Crippen MR) is 108 cm³/mol. The van der Waals surface area contributed by atoms with E-state index in [4.69, 9.17) is 0 Å². The Balaban J connectivity index is 0.00000196. The zero-order chi connectivity index (χ0) is 16.9. The number of halogens is 1. The van der Waals surface area contributed by atoms with E-state index < -0.39 is 0 Å².